The van der Waals surface area contributed by atoms with Gasteiger partial charge in [-0.15, -0.1) is 0 Å². The van der Waals surface area contributed by atoms with Crippen LogP contribution in [0.4, 0.5) is 0 Å². The Morgan fingerprint density at radius 1 is 1.73 bits per heavy atom. The molecule has 0 radical (unpaired) electrons. The first kappa shape index (κ1) is 8.91. The van der Waals surface area contributed by atoms with E-state index < -0.39 is 0 Å². The lowest BCUT2D eigenvalue weighted by Crippen LogP contribution is -2.18. The normalized spacial score (nSPS) is 21.8. The van der Waals surface area contributed by atoms with Crippen molar-refractivity contribution in [2.75, 3.05) is 12.0 Å². The summed E-state index contributed by atoms with van der Waals surface area (Å²) in [4.78, 5) is 4.40. The maximum Gasteiger partial charge on any atom is 0.0972 e. The fourth-order valence-corrected chi connectivity index (χ4v) is 1.57. The summed E-state index contributed by atoms with van der Waals surface area (Å²) in [6, 6.07) is 0.394. The second-order valence-electron chi connectivity index (χ2n) is 3.13. The Morgan fingerprint density at radius 3 is 2.82 bits per heavy atom. The van der Waals surface area contributed by atoms with Crippen LogP contribution in [0.25, 0.3) is 0 Å². The third-order valence-electron chi connectivity index (χ3n) is 1.77. The fraction of sp³-hybridized carbons (Fsp3) is 0.875. The maximum absolute atomic E-state index is 5.75. The molecule has 1 atom stereocenters. The summed E-state index contributed by atoms with van der Waals surface area (Å²) in [6.45, 7) is 2.12. The Bertz CT molecular complexity index is 152. The molecule has 0 saturated heterocycles. The Hall–Kier alpha value is -0.180. The van der Waals surface area contributed by atoms with E-state index in [-0.39, 0.29) is 0 Å². The van der Waals surface area contributed by atoms with Crippen molar-refractivity contribution in [2.45, 2.75) is 25.8 Å². The molecule has 2 N–H and O–H groups in total. The summed E-state index contributed by atoms with van der Waals surface area (Å²) in [5.74, 6) is 2.58. The molecule has 11 heavy (non-hydrogen) atoms. The van der Waals surface area contributed by atoms with E-state index in [9.17, 15) is 0 Å². The number of hydrogen-bond donors (Lipinski definition) is 1. The highest BCUT2D eigenvalue weighted by Gasteiger charge is 2.25. The molecule has 0 aromatic heterocycles. The molecular weight excluding hydrogens is 156 g/mol. The number of thioether (sulfide) groups is 1. The lowest BCUT2D eigenvalue weighted by Gasteiger charge is -2.04. The molecule has 1 fully saturated rings. The van der Waals surface area contributed by atoms with E-state index in [1.165, 1.54) is 12.8 Å². The summed E-state index contributed by atoms with van der Waals surface area (Å²) < 4.78 is 0. The van der Waals surface area contributed by atoms with E-state index in [1.807, 2.05) is 11.8 Å². The van der Waals surface area contributed by atoms with E-state index in [0.717, 1.165) is 11.6 Å². The molecule has 3 heteroatoms. The quantitative estimate of drug-likeness (QED) is 0.515. The van der Waals surface area contributed by atoms with Crippen LogP contribution in [-0.2, 0) is 0 Å². The first-order chi connectivity index (χ1) is 5.24. The zero-order valence-electron chi connectivity index (χ0n) is 7.21. The van der Waals surface area contributed by atoms with Crippen LogP contribution in [0.15, 0.2) is 4.99 Å². The fourth-order valence-electron chi connectivity index (χ4n) is 1.02. The van der Waals surface area contributed by atoms with Crippen LogP contribution in [0.2, 0.25) is 0 Å². The van der Waals surface area contributed by atoms with Gasteiger partial charge in [-0.05, 0) is 26.0 Å². The minimum Gasteiger partial charge on any atom is -0.387 e. The largest absolute Gasteiger partial charge is 0.387 e. The van der Waals surface area contributed by atoms with Crippen LogP contribution in [0, 0.1) is 5.92 Å². The summed E-state index contributed by atoms with van der Waals surface area (Å²) >= 11 is 1.82. The van der Waals surface area contributed by atoms with Gasteiger partial charge in [0.1, 0.15) is 0 Å². The smallest absolute Gasteiger partial charge is 0.0972 e. The molecule has 1 saturated carbocycles. The molecule has 1 rings (SSSR count). The van der Waals surface area contributed by atoms with Gasteiger partial charge in [-0.3, -0.25) is 4.99 Å². The highest BCUT2D eigenvalue weighted by molar-refractivity contribution is 7.98. The van der Waals surface area contributed by atoms with E-state index in [1.54, 1.807) is 0 Å². The molecule has 0 aliphatic heterocycles. The Labute approximate surface area is 72.6 Å². The number of nitrogens with zero attached hydrogens (tertiary/aromatic N) is 1. The third-order valence-corrected chi connectivity index (χ3v) is 2.59. The predicted molar refractivity (Wildman–Crippen MR) is 52.2 cm³/mol. The van der Waals surface area contributed by atoms with Crippen LogP contribution in [-0.4, -0.2) is 23.9 Å². The van der Waals surface area contributed by atoms with Crippen molar-refractivity contribution in [3.8, 4) is 0 Å². The Morgan fingerprint density at radius 2 is 2.36 bits per heavy atom. The molecule has 0 amide bonds. The minimum absolute atomic E-state index is 0.394. The third kappa shape index (κ3) is 3.14. The number of hydrogen-bond acceptors (Lipinski definition) is 2. The van der Waals surface area contributed by atoms with Crippen molar-refractivity contribution < 1.29 is 0 Å². The molecule has 0 aromatic carbocycles. The molecule has 1 aliphatic rings. The van der Waals surface area contributed by atoms with E-state index in [0.29, 0.717) is 12.0 Å². The highest BCUT2D eigenvalue weighted by Crippen LogP contribution is 2.29. The molecule has 0 heterocycles. The van der Waals surface area contributed by atoms with Gasteiger partial charge in [-0.1, -0.05) is 0 Å². The van der Waals surface area contributed by atoms with Crippen molar-refractivity contribution in [2.24, 2.45) is 16.6 Å². The van der Waals surface area contributed by atoms with Crippen molar-refractivity contribution >= 4 is 17.6 Å². The van der Waals surface area contributed by atoms with Crippen LogP contribution in [0.5, 0.6) is 0 Å². The summed E-state index contributed by atoms with van der Waals surface area (Å²) in [5.41, 5.74) is 5.75. The molecule has 0 bridgehead atoms. The number of aliphatic imine (C=N–C) groups is 1. The van der Waals surface area contributed by atoms with Gasteiger partial charge in [0.2, 0.25) is 0 Å². The van der Waals surface area contributed by atoms with Crippen molar-refractivity contribution in [3.63, 3.8) is 0 Å². The first-order valence-corrected chi connectivity index (χ1v) is 5.45. The van der Waals surface area contributed by atoms with E-state index in [4.69, 9.17) is 5.73 Å². The summed E-state index contributed by atoms with van der Waals surface area (Å²) in [5, 5.41) is 0. The summed E-state index contributed by atoms with van der Waals surface area (Å²) in [6.07, 6.45) is 4.60. The number of amidine groups is 1. The standard InChI is InChI=1S/C8H16N2S/c1-6(5-11-2)10-8(9)7-3-4-7/h6-7H,3-5H2,1-2H3,(H2,9,10). The predicted octanol–water partition coefficient (Wildman–Crippen LogP) is 1.51. The average molecular weight is 172 g/mol. The van der Waals surface area contributed by atoms with Gasteiger partial charge < -0.3 is 5.73 Å². The monoisotopic (exact) mass is 172 g/mol. The molecule has 1 aliphatic carbocycles. The van der Waals surface area contributed by atoms with E-state index >= 15 is 0 Å². The lowest BCUT2D eigenvalue weighted by atomic mass is 10.3. The van der Waals surface area contributed by atoms with Gasteiger partial charge in [-0.2, -0.15) is 11.8 Å². The first-order valence-electron chi connectivity index (χ1n) is 4.06. The SMILES string of the molecule is CSCC(C)N=C(N)C1CC1. The van der Waals surface area contributed by atoms with Gasteiger partial charge in [0.25, 0.3) is 0 Å². The van der Waals surface area contributed by atoms with Crippen LogP contribution >= 0.6 is 11.8 Å². The lowest BCUT2D eigenvalue weighted by molar-refractivity contribution is 0.836. The van der Waals surface area contributed by atoms with E-state index in [2.05, 4.69) is 18.2 Å². The number of rotatable bonds is 4. The van der Waals surface area contributed by atoms with Gasteiger partial charge in [0, 0.05) is 11.7 Å². The maximum atomic E-state index is 5.75. The Balaban J connectivity index is 2.29. The molecule has 0 spiro atoms. The van der Waals surface area contributed by atoms with Crippen molar-refractivity contribution in [1.82, 2.24) is 0 Å². The zero-order valence-corrected chi connectivity index (χ0v) is 8.03. The van der Waals surface area contributed by atoms with Gasteiger partial charge >= 0.3 is 0 Å². The van der Waals surface area contributed by atoms with Crippen LogP contribution < -0.4 is 5.73 Å². The van der Waals surface area contributed by atoms with Crippen molar-refractivity contribution in [1.29, 1.82) is 0 Å². The average Bonchev–Trinajstić information content (AvgIpc) is 2.67. The molecule has 2 nitrogen and oxygen atoms in total. The van der Waals surface area contributed by atoms with Gasteiger partial charge in [0.05, 0.1) is 11.9 Å². The molecule has 0 aromatic rings. The van der Waals surface area contributed by atoms with Crippen LogP contribution in [0.1, 0.15) is 19.8 Å². The Kier molecular flexibility index (Phi) is 3.24. The second kappa shape index (κ2) is 4.00. The van der Waals surface area contributed by atoms with Crippen molar-refractivity contribution in [3.05, 3.63) is 0 Å². The zero-order chi connectivity index (χ0) is 8.27. The highest BCUT2D eigenvalue weighted by atomic mass is 32.2. The minimum atomic E-state index is 0.394. The second-order valence-corrected chi connectivity index (χ2v) is 4.04. The topological polar surface area (TPSA) is 38.4 Å². The van der Waals surface area contributed by atoms with Crippen LogP contribution in [0.3, 0.4) is 0 Å². The molecular formula is C8H16N2S. The molecule has 64 valence electrons. The summed E-state index contributed by atoms with van der Waals surface area (Å²) in [7, 11) is 0. The molecule has 1 unspecified atom stereocenters. The van der Waals surface area contributed by atoms with Gasteiger partial charge in [-0.25, -0.2) is 0 Å². The number of nitrogens with two attached hydrogens (primary N) is 1. The van der Waals surface area contributed by atoms with Gasteiger partial charge in [0.15, 0.2) is 0 Å².